The molecule has 0 aromatic rings. The number of unbranched alkanes of at least 4 members (excludes halogenated alkanes) is 8. The lowest BCUT2D eigenvalue weighted by atomic mass is 10.1. The second kappa shape index (κ2) is 17.3. The number of aliphatic hydroxyl groups excluding tert-OH is 1. The van der Waals surface area contributed by atoms with Crippen molar-refractivity contribution in [3.05, 3.63) is 24.3 Å². The molecule has 0 fully saturated rings. The van der Waals surface area contributed by atoms with Crippen molar-refractivity contribution < 1.29 is 15.0 Å². The Kier molecular flexibility index (Phi) is 16.4. The third kappa shape index (κ3) is 18.9. The molecule has 3 nitrogen and oxygen atoms in total. The number of aliphatic hydroxyl groups is 1. The molecule has 3 heteroatoms. The molecule has 0 aliphatic rings. The number of aliphatic carboxylic acids is 1. The smallest absolute Gasteiger partial charge is 0.305 e. The van der Waals surface area contributed by atoms with Gasteiger partial charge < -0.3 is 10.2 Å². The number of rotatable bonds is 16. The zero-order valence-electron chi connectivity index (χ0n) is 14.9. The molecule has 0 rings (SSSR count). The minimum Gasteiger partial charge on any atom is -0.481 e. The summed E-state index contributed by atoms with van der Waals surface area (Å²) in [5.74, 6) is -0.917. The van der Waals surface area contributed by atoms with Gasteiger partial charge in [0.15, 0.2) is 0 Å². The van der Waals surface area contributed by atoms with Crippen LogP contribution in [0.5, 0.6) is 0 Å². The van der Waals surface area contributed by atoms with Crippen molar-refractivity contribution in [3.63, 3.8) is 0 Å². The van der Waals surface area contributed by atoms with E-state index >= 15 is 0 Å². The topological polar surface area (TPSA) is 57.5 Å². The van der Waals surface area contributed by atoms with Gasteiger partial charge in [-0.25, -0.2) is 0 Å². The first-order valence-corrected chi connectivity index (χ1v) is 9.36. The molecule has 1 unspecified atom stereocenters. The van der Waals surface area contributed by atoms with Crippen molar-refractivity contribution >= 4 is 5.97 Å². The number of carbonyl (C=O) groups is 1. The molecule has 0 aromatic carbocycles. The molecule has 0 aliphatic heterocycles. The summed E-state index contributed by atoms with van der Waals surface area (Å²) in [4.78, 5) is 10.4. The molecule has 23 heavy (non-hydrogen) atoms. The average molecular weight is 325 g/mol. The molecule has 2 N–H and O–H groups in total. The van der Waals surface area contributed by atoms with Crippen LogP contribution in [0.15, 0.2) is 24.3 Å². The van der Waals surface area contributed by atoms with E-state index in [2.05, 4.69) is 31.2 Å². The molecule has 0 aliphatic carbocycles. The molecule has 0 saturated carbocycles. The highest BCUT2D eigenvalue weighted by Gasteiger charge is 2.08. The standard InChI is InChI=1S/C20H36O3/c1-2-3-4-5-6-7-8-9-10-11-12-13-14-15-16-17-19(21)18-20(22)23/h6-7,9-10,19,21H,2-5,8,11-18H2,1H3,(H,22,23). The van der Waals surface area contributed by atoms with Crippen LogP contribution >= 0.6 is 0 Å². The first-order valence-electron chi connectivity index (χ1n) is 9.36. The second-order valence-corrected chi connectivity index (χ2v) is 6.27. The van der Waals surface area contributed by atoms with Gasteiger partial charge in [0.1, 0.15) is 0 Å². The van der Waals surface area contributed by atoms with Gasteiger partial charge in [-0.05, 0) is 38.5 Å². The third-order valence-electron chi connectivity index (χ3n) is 3.90. The lowest BCUT2D eigenvalue weighted by Gasteiger charge is -2.06. The van der Waals surface area contributed by atoms with Gasteiger partial charge in [-0.3, -0.25) is 4.79 Å². The maximum absolute atomic E-state index is 10.4. The maximum Gasteiger partial charge on any atom is 0.305 e. The predicted molar refractivity (Wildman–Crippen MR) is 97.6 cm³/mol. The van der Waals surface area contributed by atoms with Crippen LogP contribution in [0.1, 0.15) is 90.4 Å². The Morgan fingerprint density at radius 2 is 1.43 bits per heavy atom. The molecule has 0 spiro atoms. The highest BCUT2D eigenvalue weighted by molar-refractivity contribution is 5.67. The fourth-order valence-electron chi connectivity index (χ4n) is 2.50. The van der Waals surface area contributed by atoms with Crippen molar-refractivity contribution in [1.29, 1.82) is 0 Å². The van der Waals surface area contributed by atoms with Gasteiger partial charge in [0.25, 0.3) is 0 Å². The summed E-state index contributed by atoms with van der Waals surface area (Å²) in [6, 6.07) is 0. The lowest BCUT2D eigenvalue weighted by molar-refractivity contribution is -0.139. The van der Waals surface area contributed by atoms with Crippen LogP contribution in [0, 0.1) is 0 Å². The molecule has 0 heterocycles. The average Bonchev–Trinajstić information content (AvgIpc) is 2.50. The largest absolute Gasteiger partial charge is 0.481 e. The van der Waals surface area contributed by atoms with Gasteiger partial charge in [0.2, 0.25) is 0 Å². The van der Waals surface area contributed by atoms with Gasteiger partial charge in [0, 0.05) is 0 Å². The van der Waals surface area contributed by atoms with Crippen LogP contribution in [0.25, 0.3) is 0 Å². The van der Waals surface area contributed by atoms with Gasteiger partial charge in [-0.2, -0.15) is 0 Å². The number of carboxylic acid groups (broad SMARTS) is 1. The molecule has 0 aromatic heterocycles. The fraction of sp³-hybridized carbons (Fsp3) is 0.750. The lowest BCUT2D eigenvalue weighted by Crippen LogP contribution is -2.12. The van der Waals surface area contributed by atoms with E-state index in [0.29, 0.717) is 6.42 Å². The van der Waals surface area contributed by atoms with Gasteiger partial charge in [-0.1, -0.05) is 69.8 Å². The summed E-state index contributed by atoms with van der Waals surface area (Å²) >= 11 is 0. The third-order valence-corrected chi connectivity index (χ3v) is 3.90. The molecule has 1 atom stereocenters. The maximum atomic E-state index is 10.4. The van der Waals surface area contributed by atoms with Crippen molar-refractivity contribution in [2.24, 2.45) is 0 Å². The van der Waals surface area contributed by atoms with Crippen LogP contribution in [0.2, 0.25) is 0 Å². The van der Waals surface area contributed by atoms with Crippen molar-refractivity contribution in [2.45, 2.75) is 96.5 Å². The summed E-state index contributed by atoms with van der Waals surface area (Å²) in [6.07, 6.45) is 21.8. The van der Waals surface area contributed by atoms with E-state index in [4.69, 9.17) is 5.11 Å². The minimum atomic E-state index is -0.917. The van der Waals surface area contributed by atoms with Gasteiger partial charge in [0.05, 0.1) is 12.5 Å². The van der Waals surface area contributed by atoms with Crippen LogP contribution < -0.4 is 0 Å². The Morgan fingerprint density at radius 3 is 2.04 bits per heavy atom. The highest BCUT2D eigenvalue weighted by atomic mass is 16.4. The Hall–Kier alpha value is -1.09. The van der Waals surface area contributed by atoms with E-state index in [1.165, 1.54) is 44.9 Å². The Balaban J connectivity index is 3.26. The summed E-state index contributed by atoms with van der Waals surface area (Å²) in [5, 5.41) is 18.0. The van der Waals surface area contributed by atoms with E-state index in [0.717, 1.165) is 25.7 Å². The first-order chi connectivity index (χ1) is 11.2. The molecular weight excluding hydrogens is 288 g/mol. The zero-order chi connectivity index (χ0) is 17.2. The fourth-order valence-corrected chi connectivity index (χ4v) is 2.50. The predicted octanol–water partition coefficient (Wildman–Crippen LogP) is 5.64. The van der Waals surface area contributed by atoms with Crippen molar-refractivity contribution in [2.75, 3.05) is 0 Å². The van der Waals surface area contributed by atoms with E-state index in [-0.39, 0.29) is 6.42 Å². The summed E-state index contributed by atoms with van der Waals surface area (Å²) in [5.41, 5.74) is 0. The van der Waals surface area contributed by atoms with Crippen LogP contribution in [0.4, 0.5) is 0 Å². The number of hydrogen-bond acceptors (Lipinski definition) is 2. The van der Waals surface area contributed by atoms with Gasteiger partial charge in [-0.15, -0.1) is 0 Å². The quantitative estimate of drug-likeness (QED) is 0.285. The van der Waals surface area contributed by atoms with E-state index in [1.807, 2.05) is 0 Å². The van der Waals surface area contributed by atoms with E-state index in [9.17, 15) is 9.90 Å². The molecular formula is C20H36O3. The number of carboxylic acids is 1. The summed E-state index contributed by atoms with van der Waals surface area (Å²) in [6.45, 7) is 2.23. The van der Waals surface area contributed by atoms with Crippen LogP contribution in [0.3, 0.4) is 0 Å². The van der Waals surface area contributed by atoms with E-state index < -0.39 is 12.1 Å². The Labute approximate surface area is 142 Å². The van der Waals surface area contributed by atoms with Crippen molar-refractivity contribution in [1.82, 2.24) is 0 Å². The molecule has 0 radical (unpaired) electrons. The van der Waals surface area contributed by atoms with Crippen molar-refractivity contribution in [3.8, 4) is 0 Å². The first kappa shape index (κ1) is 21.9. The molecule has 0 saturated heterocycles. The SMILES string of the molecule is CCCCCC=CCC=CCCCCCCCC(O)CC(=O)O. The second-order valence-electron chi connectivity index (χ2n) is 6.27. The van der Waals surface area contributed by atoms with Gasteiger partial charge >= 0.3 is 5.97 Å². The van der Waals surface area contributed by atoms with Crippen LogP contribution in [-0.4, -0.2) is 22.3 Å². The molecule has 0 amide bonds. The zero-order valence-corrected chi connectivity index (χ0v) is 14.9. The number of allylic oxidation sites excluding steroid dienone is 4. The molecule has 0 bridgehead atoms. The van der Waals surface area contributed by atoms with E-state index in [1.54, 1.807) is 0 Å². The summed E-state index contributed by atoms with van der Waals surface area (Å²) in [7, 11) is 0. The summed E-state index contributed by atoms with van der Waals surface area (Å²) < 4.78 is 0. The Morgan fingerprint density at radius 1 is 0.870 bits per heavy atom. The number of hydrogen-bond donors (Lipinski definition) is 2. The molecule has 134 valence electrons. The Bertz CT molecular complexity index is 321. The normalized spacial score (nSPS) is 13.1. The monoisotopic (exact) mass is 324 g/mol. The highest BCUT2D eigenvalue weighted by Crippen LogP contribution is 2.10. The van der Waals surface area contributed by atoms with Crippen LogP contribution in [-0.2, 0) is 4.79 Å². The minimum absolute atomic E-state index is 0.127.